The van der Waals surface area contributed by atoms with Crippen molar-refractivity contribution in [3.05, 3.63) is 17.8 Å². The Bertz CT molecular complexity index is 376. The van der Waals surface area contributed by atoms with Gasteiger partial charge in [-0.1, -0.05) is 13.8 Å². The fraction of sp³-hybridized carbons (Fsp3) is 0.667. The molecule has 1 heterocycles. The van der Waals surface area contributed by atoms with E-state index in [1.54, 1.807) is 7.11 Å². The Hall–Kier alpha value is -1.40. The molecule has 1 atom stereocenters. The maximum atomic E-state index is 11.6. The van der Waals surface area contributed by atoms with Crippen LogP contribution < -0.4 is 11.1 Å². The molecular weight excluding hydrogens is 234 g/mol. The zero-order valence-electron chi connectivity index (χ0n) is 11.1. The summed E-state index contributed by atoms with van der Waals surface area (Å²) in [4.78, 5) is 15.7. The van der Waals surface area contributed by atoms with Crippen LogP contribution in [0.25, 0.3) is 0 Å². The first kappa shape index (κ1) is 14.7. The minimum atomic E-state index is -0.279. The monoisotopic (exact) mass is 255 g/mol. The molecule has 0 saturated heterocycles. The predicted octanol–water partition coefficient (Wildman–Crippen LogP) is 1.10. The third kappa shape index (κ3) is 4.46. The van der Waals surface area contributed by atoms with Crippen molar-refractivity contribution in [3.8, 4) is 0 Å². The predicted molar refractivity (Wildman–Crippen MR) is 67.1 cm³/mol. The van der Waals surface area contributed by atoms with E-state index >= 15 is 0 Å². The summed E-state index contributed by atoms with van der Waals surface area (Å²) < 4.78 is 10.1. The van der Waals surface area contributed by atoms with Gasteiger partial charge in [0.2, 0.25) is 5.89 Å². The number of amides is 1. The first-order chi connectivity index (χ1) is 8.54. The van der Waals surface area contributed by atoms with Gasteiger partial charge in [-0.25, -0.2) is 4.98 Å². The normalized spacial score (nSPS) is 12.7. The van der Waals surface area contributed by atoms with Crippen LogP contribution in [0.15, 0.2) is 10.7 Å². The van der Waals surface area contributed by atoms with E-state index in [0.717, 1.165) is 6.42 Å². The highest BCUT2D eigenvalue weighted by molar-refractivity contribution is 5.91. The topological polar surface area (TPSA) is 90.4 Å². The van der Waals surface area contributed by atoms with Gasteiger partial charge in [0.25, 0.3) is 5.91 Å². The van der Waals surface area contributed by atoms with Crippen LogP contribution in [-0.4, -0.2) is 31.2 Å². The number of aromatic nitrogens is 1. The van der Waals surface area contributed by atoms with Gasteiger partial charge in [-0.3, -0.25) is 4.79 Å². The molecule has 0 radical (unpaired) electrons. The SMILES string of the molecule is COCCNC(=O)c1coc(C(N)CC(C)C)n1. The number of carbonyl (C=O) groups excluding carboxylic acids is 1. The van der Waals surface area contributed by atoms with Gasteiger partial charge < -0.3 is 20.2 Å². The summed E-state index contributed by atoms with van der Waals surface area (Å²) in [5, 5.41) is 2.67. The van der Waals surface area contributed by atoms with Crippen molar-refractivity contribution in [2.24, 2.45) is 11.7 Å². The van der Waals surface area contributed by atoms with Gasteiger partial charge in [0, 0.05) is 13.7 Å². The summed E-state index contributed by atoms with van der Waals surface area (Å²) in [5.41, 5.74) is 6.17. The summed E-state index contributed by atoms with van der Waals surface area (Å²) in [6.45, 7) is 5.04. The summed E-state index contributed by atoms with van der Waals surface area (Å²) in [6.07, 6.45) is 2.10. The molecule has 0 saturated carbocycles. The number of nitrogens with two attached hydrogens (primary N) is 1. The highest BCUT2D eigenvalue weighted by Crippen LogP contribution is 2.17. The summed E-state index contributed by atoms with van der Waals surface area (Å²) in [6, 6.07) is -0.273. The van der Waals surface area contributed by atoms with Gasteiger partial charge in [0.15, 0.2) is 5.69 Å². The molecule has 1 aromatic heterocycles. The number of nitrogens with zero attached hydrogens (tertiary/aromatic N) is 1. The van der Waals surface area contributed by atoms with E-state index in [-0.39, 0.29) is 17.6 Å². The van der Waals surface area contributed by atoms with Gasteiger partial charge in [-0.15, -0.1) is 0 Å². The van der Waals surface area contributed by atoms with Crippen molar-refractivity contribution in [1.82, 2.24) is 10.3 Å². The Morgan fingerprint density at radius 2 is 2.33 bits per heavy atom. The molecule has 1 amide bonds. The third-order valence-corrected chi connectivity index (χ3v) is 2.39. The van der Waals surface area contributed by atoms with Crippen molar-refractivity contribution in [2.75, 3.05) is 20.3 Å². The molecule has 1 unspecified atom stereocenters. The van der Waals surface area contributed by atoms with Crippen LogP contribution in [0.3, 0.4) is 0 Å². The molecule has 18 heavy (non-hydrogen) atoms. The first-order valence-corrected chi connectivity index (χ1v) is 6.02. The van der Waals surface area contributed by atoms with E-state index in [1.807, 2.05) is 0 Å². The van der Waals surface area contributed by atoms with E-state index < -0.39 is 0 Å². The zero-order valence-corrected chi connectivity index (χ0v) is 11.1. The molecule has 0 fully saturated rings. The minimum Gasteiger partial charge on any atom is -0.446 e. The molecule has 102 valence electrons. The van der Waals surface area contributed by atoms with Crippen LogP contribution in [-0.2, 0) is 4.74 Å². The second-order valence-electron chi connectivity index (χ2n) is 4.56. The molecule has 6 nitrogen and oxygen atoms in total. The van der Waals surface area contributed by atoms with Gasteiger partial charge in [-0.05, 0) is 12.3 Å². The van der Waals surface area contributed by atoms with E-state index in [1.165, 1.54) is 6.26 Å². The van der Waals surface area contributed by atoms with Gasteiger partial charge in [0.1, 0.15) is 6.26 Å². The van der Waals surface area contributed by atoms with Crippen LogP contribution >= 0.6 is 0 Å². The average Bonchev–Trinajstić information content (AvgIpc) is 2.77. The molecule has 0 aromatic carbocycles. The summed E-state index contributed by atoms with van der Waals surface area (Å²) in [5.74, 6) is 0.574. The number of nitrogens with one attached hydrogen (secondary N) is 1. The van der Waals surface area contributed by atoms with Crippen molar-refractivity contribution in [1.29, 1.82) is 0 Å². The zero-order chi connectivity index (χ0) is 13.5. The highest BCUT2D eigenvalue weighted by atomic mass is 16.5. The Morgan fingerprint density at radius 1 is 1.61 bits per heavy atom. The number of oxazole rings is 1. The second kappa shape index (κ2) is 7.13. The van der Waals surface area contributed by atoms with Crippen LogP contribution in [0.5, 0.6) is 0 Å². The first-order valence-electron chi connectivity index (χ1n) is 6.02. The maximum absolute atomic E-state index is 11.6. The third-order valence-electron chi connectivity index (χ3n) is 2.39. The van der Waals surface area contributed by atoms with Crippen molar-refractivity contribution >= 4 is 5.91 Å². The largest absolute Gasteiger partial charge is 0.446 e. The quantitative estimate of drug-likeness (QED) is 0.712. The van der Waals surface area contributed by atoms with Crippen LogP contribution in [0.4, 0.5) is 0 Å². The molecule has 0 spiro atoms. The number of hydrogen-bond acceptors (Lipinski definition) is 5. The van der Waals surface area contributed by atoms with Crippen molar-refractivity contribution in [3.63, 3.8) is 0 Å². The number of rotatable bonds is 7. The van der Waals surface area contributed by atoms with Crippen molar-refractivity contribution in [2.45, 2.75) is 26.3 Å². The molecule has 1 aromatic rings. The molecular formula is C12H21N3O3. The molecule has 1 rings (SSSR count). The number of carbonyl (C=O) groups is 1. The number of methoxy groups -OCH3 is 1. The second-order valence-corrected chi connectivity index (χ2v) is 4.56. The van der Waals surface area contributed by atoms with Gasteiger partial charge in [-0.2, -0.15) is 0 Å². The van der Waals surface area contributed by atoms with E-state index in [4.69, 9.17) is 14.9 Å². The fourth-order valence-corrected chi connectivity index (χ4v) is 1.53. The lowest BCUT2D eigenvalue weighted by molar-refractivity contribution is 0.0932. The average molecular weight is 255 g/mol. The lowest BCUT2D eigenvalue weighted by Crippen LogP contribution is -2.27. The van der Waals surface area contributed by atoms with Gasteiger partial charge >= 0.3 is 0 Å². The number of ether oxygens (including phenoxy) is 1. The Kier molecular flexibility index (Phi) is 5.80. The maximum Gasteiger partial charge on any atom is 0.273 e. The van der Waals surface area contributed by atoms with E-state index in [9.17, 15) is 4.79 Å². The van der Waals surface area contributed by atoms with Crippen LogP contribution in [0.1, 0.15) is 42.7 Å². The van der Waals surface area contributed by atoms with E-state index in [2.05, 4.69) is 24.1 Å². The lowest BCUT2D eigenvalue weighted by Gasteiger charge is -2.09. The molecule has 0 aliphatic rings. The Morgan fingerprint density at radius 3 is 2.94 bits per heavy atom. The number of hydrogen-bond donors (Lipinski definition) is 2. The highest BCUT2D eigenvalue weighted by Gasteiger charge is 2.17. The summed E-state index contributed by atoms with van der Waals surface area (Å²) >= 11 is 0. The fourth-order valence-electron chi connectivity index (χ4n) is 1.53. The minimum absolute atomic E-state index is 0.250. The van der Waals surface area contributed by atoms with Gasteiger partial charge in [0.05, 0.1) is 12.6 Å². The standard InChI is InChI=1S/C12H21N3O3/c1-8(2)6-9(13)12-15-10(7-18-12)11(16)14-4-5-17-3/h7-9H,4-6,13H2,1-3H3,(H,14,16). The molecule has 0 aliphatic heterocycles. The Balaban J connectivity index is 2.54. The molecule has 6 heteroatoms. The Labute approximate surface area is 107 Å². The van der Waals surface area contributed by atoms with Crippen LogP contribution in [0.2, 0.25) is 0 Å². The van der Waals surface area contributed by atoms with E-state index in [0.29, 0.717) is 25.0 Å². The molecule has 0 bridgehead atoms. The molecule has 3 N–H and O–H groups in total. The lowest BCUT2D eigenvalue weighted by atomic mass is 10.0. The van der Waals surface area contributed by atoms with Crippen LogP contribution in [0, 0.1) is 5.92 Å². The molecule has 0 aliphatic carbocycles. The summed E-state index contributed by atoms with van der Waals surface area (Å²) in [7, 11) is 1.57. The smallest absolute Gasteiger partial charge is 0.273 e. The van der Waals surface area contributed by atoms with Crippen molar-refractivity contribution < 1.29 is 13.9 Å².